The van der Waals surface area contributed by atoms with Gasteiger partial charge in [-0.2, -0.15) is 0 Å². The first kappa shape index (κ1) is 23.2. The Kier molecular flexibility index (Phi) is 7.65. The van der Waals surface area contributed by atoms with Crippen LogP contribution in [0.25, 0.3) is 0 Å². The van der Waals surface area contributed by atoms with Crippen molar-refractivity contribution in [1.29, 1.82) is 0 Å². The van der Waals surface area contributed by atoms with Gasteiger partial charge in [0.05, 0.1) is 18.7 Å². The van der Waals surface area contributed by atoms with Crippen LogP contribution in [0.1, 0.15) is 23.0 Å². The first-order chi connectivity index (χ1) is 16.8. The van der Waals surface area contributed by atoms with Crippen LogP contribution in [0.4, 0.5) is 0 Å². The lowest BCUT2D eigenvalue weighted by atomic mass is 9.92. The van der Waals surface area contributed by atoms with Crippen LogP contribution in [-0.2, 0) is 32.0 Å². The van der Waals surface area contributed by atoms with E-state index >= 15 is 0 Å². The van der Waals surface area contributed by atoms with Gasteiger partial charge in [0.25, 0.3) is 0 Å². The fourth-order valence-electron chi connectivity index (χ4n) is 4.73. The average molecular weight is 461 g/mol. The maximum Gasteiger partial charge on any atom is 0.184 e. The van der Waals surface area contributed by atoms with E-state index in [1.54, 1.807) is 7.11 Å². The van der Waals surface area contributed by atoms with Crippen molar-refractivity contribution in [2.75, 3.05) is 13.7 Å². The van der Waals surface area contributed by atoms with Gasteiger partial charge in [-0.25, -0.2) is 0 Å². The van der Waals surface area contributed by atoms with Gasteiger partial charge >= 0.3 is 0 Å². The lowest BCUT2D eigenvalue weighted by Crippen LogP contribution is -2.69. The molecule has 2 fully saturated rings. The van der Waals surface area contributed by atoms with Gasteiger partial charge < -0.3 is 29.6 Å². The molecule has 0 amide bonds. The van der Waals surface area contributed by atoms with E-state index in [2.05, 4.69) is 59.2 Å². The Labute approximate surface area is 201 Å². The van der Waals surface area contributed by atoms with Crippen molar-refractivity contribution in [3.05, 3.63) is 108 Å². The van der Waals surface area contributed by atoms with E-state index < -0.39 is 12.6 Å². The van der Waals surface area contributed by atoms with Crippen LogP contribution in [0.15, 0.2) is 91.0 Å². The molecule has 2 aliphatic heterocycles. The molecule has 5 rings (SSSR count). The number of fused-ring (bicyclic) bond motifs is 1. The number of hydrogen-bond acceptors (Lipinski definition) is 6. The van der Waals surface area contributed by atoms with E-state index in [-0.39, 0.29) is 24.3 Å². The molecule has 6 atom stereocenters. The molecule has 2 N–H and O–H groups in total. The van der Waals surface area contributed by atoms with Gasteiger partial charge in [0.2, 0.25) is 0 Å². The fraction of sp³-hybridized carbons (Fsp3) is 0.357. The summed E-state index contributed by atoms with van der Waals surface area (Å²) in [4.78, 5) is 0. The predicted octanol–water partition coefficient (Wildman–Crippen LogP) is 3.79. The zero-order valence-electron chi connectivity index (χ0n) is 19.4. The SMILES string of the molecule is CO[C@H]1O[C@@H]2COC(c3ccccc3)O[C@H]2[C@H](NCc2ccccc2)[C@@H]1NCc1ccccc1. The Morgan fingerprint density at radius 1 is 0.735 bits per heavy atom. The van der Waals surface area contributed by atoms with Crippen molar-refractivity contribution in [2.45, 2.75) is 50.0 Å². The molecule has 0 saturated carbocycles. The quantitative estimate of drug-likeness (QED) is 0.534. The minimum absolute atomic E-state index is 0.0530. The van der Waals surface area contributed by atoms with Crippen LogP contribution < -0.4 is 10.6 Å². The molecule has 6 nitrogen and oxygen atoms in total. The molecular weight excluding hydrogens is 428 g/mol. The van der Waals surface area contributed by atoms with E-state index in [1.807, 2.05) is 42.5 Å². The van der Waals surface area contributed by atoms with Crippen molar-refractivity contribution in [3.8, 4) is 0 Å². The van der Waals surface area contributed by atoms with Crippen LogP contribution >= 0.6 is 0 Å². The highest BCUT2D eigenvalue weighted by Gasteiger charge is 2.49. The smallest absolute Gasteiger partial charge is 0.184 e. The monoisotopic (exact) mass is 460 g/mol. The summed E-state index contributed by atoms with van der Waals surface area (Å²) >= 11 is 0. The van der Waals surface area contributed by atoms with Gasteiger partial charge in [0, 0.05) is 25.8 Å². The van der Waals surface area contributed by atoms with E-state index in [0.717, 1.165) is 12.1 Å². The second-order valence-electron chi connectivity index (χ2n) is 8.74. The topological polar surface area (TPSA) is 61.0 Å². The third-order valence-electron chi connectivity index (χ3n) is 6.48. The van der Waals surface area contributed by atoms with Gasteiger partial charge in [-0.1, -0.05) is 91.0 Å². The number of benzene rings is 3. The Bertz CT molecular complexity index is 999. The molecule has 2 heterocycles. The summed E-state index contributed by atoms with van der Waals surface area (Å²) in [5.41, 5.74) is 3.43. The van der Waals surface area contributed by atoms with Crippen molar-refractivity contribution in [3.63, 3.8) is 0 Å². The zero-order chi connectivity index (χ0) is 23.2. The number of rotatable bonds is 8. The molecule has 0 radical (unpaired) electrons. The number of hydrogen-bond donors (Lipinski definition) is 2. The van der Waals surface area contributed by atoms with Crippen LogP contribution in [0.3, 0.4) is 0 Å². The minimum Gasteiger partial charge on any atom is -0.354 e. The normalized spacial score (nSPS) is 28.9. The van der Waals surface area contributed by atoms with Gasteiger partial charge in [0.15, 0.2) is 12.6 Å². The highest BCUT2D eigenvalue weighted by atomic mass is 16.7. The second kappa shape index (κ2) is 11.2. The molecule has 34 heavy (non-hydrogen) atoms. The Hall–Kier alpha value is -2.58. The summed E-state index contributed by atoms with van der Waals surface area (Å²) in [7, 11) is 1.69. The number of methoxy groups -OCH3 is 1. The molecule has 2 aliphatic rings. The largest absolute Gasteiger partial charge is 0.354 e. The van der Waals surface area contributed by atoms with Crippen LogP contribution in [0, 0.1) is 0 Å². The molecule has 0 bridgehead atoms. The maximum absolute atomic E-state index is 6.55. The van der Waals surface area contributed by atoms with Gasteiger partial charge in [0.1, 0.15) is 12.2 Å². The molecule has 0 spiro atoms. The van der Waals surface area contributed by atoms with Crippen LogP contribution in [0.2, 0.25) is 0 Å². The van der Waals surface area contributed by atoms with E-state index in [1.165, 1.54) is 11.1 Å². The van der Waals surface area contributed by atoms with E-state index in [0.29, 0.717) is 13.2 Å². The third-order valence-corrected chi connectivity index (χ3v) is 6.48. The van der Waals surface area contributed by atoms with Crippen LogP contribution in [0.5, 0.6) is 0 Å². The molecule has 0 aromatic heterocycles. The Morgan fingerprint density at radius 3 is 1.88 bits per heavy atom. The van der Waals surface area contributed by atoms with E-state index in [9.17, 15) is 0 Å². The first-order valence-corrected chi connectivity index (χ1v) is 11.9. The highest BCUT2D eigenvalue weighted by molar-refractivity contribution is 5.18. The highest BCUT2D eigenvalue weighted by Crippen LogP contribution is 2.34. The number of nitrogens with one attached hydrogen (secondary N) is 2. The molecule has 0 aliphatic carbocycles. The van der Waals surface area contributed by atoms with Crippen molar-refractivity contribution >= 4 is 0 Å². The predicted molar refractivity (Wildman–Crippen MR) is 130 cm³/mol. The number of ether oxygens (including phenoxy) is 4. The van der Waals surface area contributed by atoms with Crippen molar-refractivity contribution in [2.24, 2.45) is 0 Å². The van der Waals surface area contributed by atoms with Crippen molar-refractivity contribution < 1.29 is 18.9 Å². The molecule has 6 heteroatoms. The maximum atomic E-state index is 6.55. The first-order valence-electron chi connectivity index (χ1n) is 11.9. The molecule has 3 aromatic rings. The van der Waals surface area contributed by atoms with Gasteiger partial charge in [-0.3, -0.25) is 0 Å². The Morgan fingerprint density at radius 2 is 1.29 bits per heavy atom. The summed E-state index contributed by atoms with van der Waals surface area (Å²) in [5, 5.41) is 7.44. The summed E-state index contributed by atoms with van der Waals surface area (Å²) in [6.45, 7) is 1.86. The lowest BCUT2D eigenvalue weighted by Gasteiger charge is -2.50. The molecular formula is C28H32N2O4. The van der Waals surface area contributed by atoms with Crippen LogP contribution in [-0.4, -0.2) is 44.3 Å². The van der Waals surface area contributed by atoms with E-state index in [4.69, 9.17) is 18.9 Å². The zero-order valence-corrected chi connectivity index (χ0v) is 19.4. The van der Waals surface area contributed by atoms with Crippen molar-refractivity contribution in [1.82, 2.24) is 10.6 Å². The summed E-state index contributed by atoms with van der Waals surface area (Å²) in [6, 6.07) is 30.7. The summed E-state index contributed by atoms with van der Waals surface area (Å²) in [5.74, 6) is 0. The molecule has 1 unspecified atom stereocenters. The molecule has 178 valence electrons. The third kappa shape index (κ3) is 5.39. The summed E-state index contributed by atoms with van der Waals surface area (Å²) < 4.78 is 24.7. The minimum atomic E-state index is -0.432. The standard InChI is InChI=1S/C28H32N2O4/c1-31-28-25(30-18-21-13-7-3-8-14-21)24(29-17-20-11-5-2-6-12-20)26-23(33-28)19-32-27(34-26)22-15-9-4-10-16-22/h2-16,23-30H,17-19H2,1H3/t23-,24-,25+,26-,27?,28+/m1/s1. The lowest BCUT2D eigenvalue weighted by molar-refractivity contribution is -0.326. The molecule has 2 saturated heterocycles. The average Bonchev–Trinajstić information content (AvgIpc) is 2.91. The molecule has 3 aromatic carbocycles. The Balaban J connectivity index is 1.39. The van der Waals surface area contributed by atoms with Gasteiger partial charge in [-0.05, 0) is 11.1 Å². The van der Waals surface area contributed by atoms with Gasteiger partial charge in [-0.15, -0.1) is 0 Å². The second-order valence-corrected chi connectivity index (χ2v) is 8.74. The summed E-state index contributed by atoms with van der Waals surface area (Å²) in [6.07, 6.45) is -1.30. The fourth-order valence-corrected chi connectivity index (χ4v) is 4.73.